The molecule has 0 unspecified atom stereocenters. The summed E-state index contributed by atoms with van der Waals surface area (Å²) in [6, 6.07) is 6.60. The molecule has 154 valence electrons. The molecule has 1 aliphatic carbocycles. The predicted molar refractivity (Wildman–Crippen MR) is 112 cm³/mol. The zero-order valence-corrected chi connectivity index (χ0v) is 16.6. The number of imidazole rings is 1. The van der Waals surface area contributed by atoms with Gasteiger partial charge in [-0.05, 0) is 31.4 Å². The number of rotatable bonds is 7. The number of halogens is 1. The van der Waals surface area contributed by atoms with Gasteiger partial charge in [0.2, 0.25) is 11.9 Å². The Morgan fingerprint density at radius 1 is 1.21 bits per heavy atom. The van der Waals surface area contributed by atoms with Gasteiger partial charge in [0.25, 0.3) is 0 Å². The van der Waals surface area contributed by atoms with Gasteiger partial charge in [-0.15, -0.1) is 0 Å². The summed E-state index contributed by atoms with van der Waals surface area (Å²) in [7, 11) is 0. The van der Waals surface area contributed by atoms with Gasteiger partial charge in [0.05, 0.1) is 24.5 Å². The van der Waals surface area contributed by atoms with Crippen molar-refractivity contribution < 1.29 is 9.50 Å². The molecule has 3 aromatic rings. The molecule has 2 heterocycles. The molecule has 1 saturated carbocycles. The fourth-order valence-electron chi connectivity index (χ4n) is 3.90. The van der Waals surface area contributed by atoms with E-state index in [9.17, 15) is 9.50 Å². The first-order chi connectivity index (χ1) is 14.2. The standard InChI is InChI=1S/C21H27FN6O/c1-2-15(13-29)28-19-18(26-21(28)25-17-11-7-6-10-16(17)22)12-23-20(27-19)24-14-8-4-3-5-9-14/h6-7,10-12,14-15,29H,2-5,8-9,13H2,1H3,(H,25,26)(H,23,24,27)/t15-/m0/s1. The largest absolute Gasteiger partial charge is 0.394 e. The summed E-state index contributed by atoms with van der Waals surface area (Å²) in [5.74, 6) is 0.639. The van der Waals surface area contributed by atoms with Crippen LogP contribution >= 0.6 is 0 Å². The Balaban J connectivity index is 1.72. The monoisotopic (exact) mass is 398 g/mol. The Morgan fingerprint density at radius 3 is 2.72 bits per heavy atom. The number of hydrogen-bond donors (Lipinski definition) is 3. The van der Waals surface area contributed by atoms with Crippen molar-refractivity contribution >= 4 is 28.7 Å². The average Bonchev–Trinajstić information content (AvgIpc) is 3.09. The van der Waals surface area contributed by atoms with Gasteiger partial charge in [-0.3, -0.25) is 4.57 Å². The van der Waals surface area contributed by atoms with Crippen LogP contribution in [0.15, 0.2) is 30.5 Å². The maximum atomic E-state index is 14.2. The van der Waals surface area contributed by atoms with E-state index in [4.69, 9.17) is 4.98 Å². The molecule has 4 rings (SSSR count). The minimum Gasteiger partial charge on any atom is -0.394 e. The maximum Gasteiger partial charge on any atom is 0.224 e. The number of aromatic nitrogens is 4. The second kappa shape index (κ2) is 8.73. The summed E-state index contributed by atoms with van der Waals surface area (Å²) < 4.78 is 16.0. The molecule has 0 radical (unpaired) electrons. The molecule has 1 aromatic carbocycles. The van der Waals surface area contributed by atoms with Crippen molar-refractivity contribution in [3.63, 3.8) is 0 Å². The third-order valence-corrected chi connectivity index (χ3v) is 5.54. The van der Waals surface area contributed by atoms with E-state index in [-0.39, 0.29) is 18.5 Å². The zero-order chi connectivity index (χ0) is 20.2. The lowest BCUT2D eigenvalue weighted by Crippen LogP contribution is -2.23. The van der Waals surface area contributed by atoms with Crippen LogP contribution in [0.4, 0.5) is 22.0 Å². The van der Waals surface area contributed by atoms with Crippen LogP contribution in [-0.4, -0.2) is 37.3 Å². The number of nitrogens with one attached hydrogen (secondary N) is 2. The first kappa shape index (κ1) is 19.6. The molecule has 7 nitrogen and oxygen atoms in total. The van der Waals surface area contributed by atoms with E-state index in [0.29, 0.717) is 41.2 Å². The topological polar surface area (TPSA) is 87.9 Å². The van der Waals surface area contributed by atoms with Gasteiger partial charge < -0.3 is 15.7 Å². The molecule has 0 amide bonds. The molecule has 1 fully saturated rings. The Labute approximate surface area is 169 Å². The molecule has 0 aliphatic heterocycles. The second-order valence-corrected chi connectivity index (χ2v) is 7.54. The average molecular weight is 398 g/mol. The summed E-state index contributed by atoms with van der Waals surface area (Å²) >= 11 is 0. The lowest BCUT2D eigenvalue weighted by atomic mass is 9.96. The molecule has 8 heteroatoms. The third-order valence-electron chi connectivity index (χ3n) is 5.54. The van der Waals surface area contributed by atoms with E-state index in [1.807, 2.05) is 11.5 Å². The molecule has 0 spiro atoms. The number of nitrogens with zero attached hydrogens (tertiary/aromatic N) is 4. The summed E-state index contributed by atoms with van der Waals surface area (Å²) in [6.45, 7) is 1.92. The molecule has 3 N–H and O–H groups in total. The number of aliphatic hydroxyl groups is 1. The number of aliphatic hydroxyl groups excluding tert-OH is 1. The van der Waals surface area contributed by atoms with Crippen LogP contribution in [0.1, 0.15) is 51.5 Å². The Hall–Kier alpha value is -2.74. The number of benzene rings is 1. The van der Waals surface area contributed by atoms with Gasteiger partial charge in [-0.25, -0.2) is 14.4 Å². The van der Waals surface area contributed by atoms with Crippen LogP contribution in [0, 0.1) is 5.82 Å². The molecule has 0 saturated heterocycles. The van der Waals surface area contributed by atoms with E-state index in [0.717, 1.165) is 12.8 Å². The van der Waals surface area contributed by atoms with Crippen molar-refractivity contribution in [3.05, 3.63) is 36.3 Å². The minimum absolute atomic E-state index is 0.0662. The van der Waals surface area contributed by atoms with E-state index in [1.165, 1.54) is 25.3 Å². The SMILES string of the molecule is CC[C@@H](CO)n1c(Nc2ccccc2F)nc2cnc(NC3CCCCC3)nc21. The summed E-state index contributed by atoms with van der Waals surface area (Å²) in [5, 5.41) is 16.4. The van der Waals surface area contributed by atoms with Crippen molar-refractivity contribution in [3.8, 4) is 0 Å². The molecule has 0 bridgehead atoms. The normalized spacial score (nSPS) is 16.1. The predicted octanol–water partition coefficient (Wildman–Crippen LogP) is 4.40. The van der Waals surface area contributed by atoms with Gasteiger partial charge in [0.15, 0.2) is 5.65 Å². The van der Waals surface area contributed by atoms with E-state index in [1.54, 1.807) is 24.4 Å². The van der Waals surface area contributed by atoms with Crippen LogP contribution in [0.2, 0.25) is 0 Å². The first-order valence-electron chi connectivity index (χ1n) is 10.3. The summed E-state index contributed by atoms with van der Waals surface area (Å²) in [6.07, 6.45) is 8.33. The number of para-hydroxylation sites is 1. The molecular weight excluding hydrogens is 371 g/mol. The fraction of sp³-hybridized carbons (Fsp3) is 0.476. The molecule has 1 aliphatic rings. The Bertz CT molecular complexity index is 965. The second-order valence-electron chi connectivity index (χ2n) is 7.54. The quantitative estimate of drug-likeness (QED) is 0.547. The lowest BCUT2D eigenvalue weighted by Gasteiger charge is -2.23. The smallest absolute Gasteiger partial charge is 0.224 e. The van der Waals surface area contributed by atoms with Gasteiger partial charge >= 0.3 is 0 Å². The minimum atomic E-state index is -0.367. The highest BCUT2D eigenvalue weighted by Crippen LogP contribution is 2.29. The molecule has 29 heavy (non-hydrogen) atoms. The number of fused-ring (bicyclic) bond motifs is 1. The van der Waals surface area contributed by atoms with E-state index in [2.05, 4.69) is 20.6 Å². The maximum absolute atomic E-state index is 14.2. The highest BCUT2D eigenvalue weighted by atomic mass is 19.1. The number of hydrogen-bond acceptors (Lipinski definition) is 6. The Kier molecular flexibility index (Phi) is 5.89. The van der Waals surface area contributed by atoms with Crippen LogP contribution < -0.4 is 10.6 Å². The van der Waals surface area contributed by atoms with Gasteiger partial charge in [0, 0.05) is 6.04 Å². The van der Waals surface area contributed by atoms with Crippen LogP contribution in [0.5, 0.6) is 0 Å². The highest BCUT2D eigenvalue weighted by molar-refractivity contribution is 5.76. The van der Waals surface area contributed by atoms with Crippen molar-refractivity contribution in [2.45, 2.75) is 57.5 Å². The van der Waals surface area contributed by atoms with Crippen LogP contribution in [-0.2, 0) is 0 Å². The van der Waals surface area contributed by atoms with Crippen molar-refractivity contribution in [1.29, 1.82) is 0 Å². The molecule has 1 atom stereocenters. The molecule has 2 aromatic heterocycles. The highest BCUT2D eigenvalue weighted by Gasteiger charge is 2.21. The van der Waals surface area contributed by atoms with Gasteiger partial charge in [-0.1, -0.05) is 38.3 Å². The van der Waals surface area contributed by atoms with Crippen molar-refractivity contribution in [1.82, 2.24) is 19.5 Å². The van der Waals surface area contributed by atoms with Gasteiger partial charge in [0.1, 0.15) is 11.3 Å². The molecular formula is C21H27FN6O. The fourth-order valence-corrected chi connectivity index (χ4v) is 3.90. The van der Waals surface area contributed by atoms with E-state index >= 15 is 0 Å². The lowest BCUT2D eigenvalue weighted by molar-refractivity contribution is 0.228. The van der Waals surface area contributed by atoms with Gasteiger partial charge in [-0.2, -0.15) is 4.98 Å². The van der Waals surface area contributed by atoms with E-state index < -0.39 is 0 Å². The third kappa shape index (κ3) is 4.17. The summed E-state index contributed by atoms with van der Waals surface area (Å²) in [5.41, 5.74) is 1.55. The first-order valence-corrected chi connectivity index (χ1v) is 10.3. The van der Waals surface area contributed by atoms with Crippen molar-refractivity contribution in [2.75, 3.05) is 17.2 Å². The number of anilines is 3. The summed E-state index contributed by atoms with van der Waals surface area (Å²) in [4.78, 5) is 13.7. The van der Waals surface area contributed by atoms with Crippen LogP contribution in [0.25, 0.3) is 11.2 Å². The van der Waals surface area contributed by atoms with Crippen molar-refractivity contribution in [2.24, 2.45) is 0 Å². The van der Waals surface area contributed by atoms with Crippen LogP contribution in [0.3, 0.4) is 0 Å². The Morgan fingerprint density at radius 2 is 2.00 bits per heavy atom. The zero-order valence-electron chi connectivity index (χ0n) is 16.6.